The van der Waals surface area contributed by atoms with Gasteiger partial charge in [0.25, 0.3) is 15.9 Å². The number of nitrogens with one attached hydrogen (secondary N) is 2. The molecule has 1 heterocycles. The van der Waals surface area contributed by atoms with Crippen LogP contribution in [0.3, 0.4) is 0 Å². The highest BCUT2D eigenvalue weighted by molar-refractivity contribution is 7.90. The Balaban J connectivity index is 1.78. The Morgan fingerprint density at radius 2 is 1.80 bits per heavy atom. The van der Waals surface area contributed by atoms with E-state index < -0.39 is 28.4 Å². The quantitative estimate of drug-likeness (QED) is 0.200. The van der Waals surface area contributed by atoms with Crippen LogP contribution < -0.4 is 10.0 Å². The van der Waals surface area contributed by atoms with Gasteiger partial charge in [-0.2, -0.15) is 12.6 Å². The summed E-state index contributed by atoms with van der Waals surface area (Å²) in [6.45, 7) is 5.58. The SMILES string of the molecule is CCCCc1nc(Cl)c(CO)n1Cc1ccc(-c2ccccc2S(=O)(=O)NC(=O)CNC(=O)C(CS)C(C)C)cc1. The summed E-state index contributed by atoms with van der Waals surface area (Å²) in [6, 6.07) is 13.7. The predicted molar refractivity (Wildman–Crippen MR) is 163 cm³/mol. The lowest BCUT2D eigenvalue weighted by molar-refractivity contribution is -0.128. The van der Waals surface area contributed by atoms with Crippen molar-refractivity contribution in [2.45, 2.75) is 58.1 Å². The summed E-state index contributed by atoms with van der Waals surface area (Å²) < 4.78 is 30.3. The second kappa shape index (κ2) is 14.9. The lowest BCUT2D eigenvalue weighted by Gasteiger charge is -2.18. The third-order valence-corrected chi connectivity index (χ3v) is 8.93. The minimum atomic E-state index is -4.23. The molecule has 1 atom stereocenters. The molecule has 0 saturated heterocycles. The van der Waals surface area contributed by atoms with Crippen molar-refractivity contribution in [3.8, 4) is 11.1 Å². The van der Waals surface area contributed by atoms with Gasteiger partial charge in [-0.1, -0.05) is 81.3 Å². The summed E-state index contributed by atoms with van der Waals surface area (Å²) in [5.41, 5.74) is 2.53. The maximum absolute atomic E-state index is 13.2. The first-order valence-electron chi connectivity index (χ1n) is 13.5. The summed E-state index contributed by atoms with van der Waals surface area (Å²) >= 11 is 10.4. The molecule has 9 nitrogen and oxygen atoms in total. The van der Waals surface area contributed by atoms with Crippen molar-refractivity contribution in [2.24, 2.45) is 11.8 Å². The maximum Gasteiger partial charge on any atom is 0.264 e. The number of thiol groups is 1. The Morgan fingerprint density at radius 3 is 2.41 bits per heavy atom. The van der Waals surface area contributed by atoms with Crippen molar-refractivity contribution in [3.05, 3.63) is 70.8 Å². The Morgan fingerprint density at radius 1 is 1.12 bits per heavy atom. The van der Waals surface area contributed by atoms with Gasteiger partial charge in [-0.3, -0.25) is 9.59 Å². The average Bonchev–Trinajstić information content (AvgIpc) is 3.24. The number of hydrogen-bond acceptors (Lipinski definition) is 7. The third kappa shape index (κ3) is 8.34. The molecule has 0 radical (unpaired) electrons. The summed E-state index contributed by atoms with van der Waals surface area (Å²) in [6.07, 6.45) is 2.68. The van der Waals surface area contributed by atoms with Gasteiger partial charge in [0.2, 0.25) is 5.91 Å². The number of aliphatic hydroxyl groups excluding tert-OH is 1. The largest absolute Gasteiger partial charge is 0.390 e. The zero-order chi connectivity index (χ0) is 30.2. The van der Waals surface area contributed by atoms with Gasteiger partial charge in [-0.25, -0.2) is 18.1 Å². The van der Waals surface area contributed by atoms with E-state index in [0.717, 1.165) is 30.7 Å². The molecule has 12 heteroatoms. The van der Waals surface area contributed by atoms with E-state index in [0.29, 0.717) is 29.1 Å². The van der Waals surface area contributed by atoms with Crippen molar-refractivity contribution < 1.29 is 23.1 Å². The van der Waals surface area contributed by atoms with Gasteiger partial charge in [-0.05, 0) is 29.5 Å². The number of carbonyl (C=O) groups is 2. The van der Waals surface area contributed by atoms with Crippen LogP contribution in [0.1, 0.15) is 50.7 Å². The first kappa shape index (κ1) is 32.7. The number of amides is 2. The molecule has 1 unspecified atom stereocenters. The lowest BCUT2D eigenvalue weighted by Crippen LogP contribution is -2.43. The Kier molecular flexibility index (Phi) is 11.8. The van der Waals surface area contributed by atoms with E-state index in [1.807, 2.05) is 30.5 Å². The summed E-state index contributed by atoms with van der Waals surface area (Å²) in [5, 5.41) is 12.6. The number of aliphatic hydroxyl groups is 1. The van der Waals surface area contributed by atoms with Crippen molar-refractivity contribution >= 4 is 46.1 Å². The zero-order valence-corrected chi connectivity index (χ0v) is 25.9. The summed E-state index contributed by atoms with van der Waals surface area (Å²) in [7, 11) is -4.23. The van der Waals surface area contributed by atoms with E-state index in [1.165, 1.54) is 6.07 Å². The molecular formula is C29H37ClN4O5S2. The van der Waals surface area contributed by atoms with Gasteiger partial charge in [0.05, 0.1) is 23.7 Å². The number of halogens is 1. The van der Waals surface area contributed by atoms with Gasteiger partial charge in [0, 0.05) is 30.2 Å². The number of aryl methyl sites for hydroxylation is 1. The normalized spacial score (nSPS) is 12.4. The van der Waals surface area contributed by atoms with E-state index in [4.69, 9.17) is 11.6 Å². The molecule has 41 heavy (non-hydrogen) atoms. The van der Waals surface area contributed by atoms with Crippen molar-refractivity contribution in [3.63, 3.8) is 0 Å². The number of unbranched alkanes of at least 4 members (excludes halogenated alkanes) is 1. The minimum absolute atomic E-state index is 0.0233. The fourth-order valence-corrected chi connectivity index (χ4v) is 6.48. The number of sulfonamides is 1. The second-order valence-electron chi connectivity index (χ2n) is 10.1. The number of benzene rings is 2. The van der Waals surface area contributed by atoms with Crippen LogP contribution in [-0.4, -0.2) is 47.2 Å². The molecular weight excluding hydrogens is 584 g/mol. The average molecular weight is 621 g/mol. The number of aromatic nitrogens is 2. The molecule has 3 aromatic rings. The van der Waals surface area contributed by atoms with Gasteiger partial charge in [0.1, 0.15) is 5.82 Å². The van der Waals surface area contributed by atoms with Crippen LogP contribution >= 0.6 is 24.2 Å². The number of rotatable bonds is 14. The molecule has 1 aromatic heterocycles. The molecule has 2 aromatic carbocycles. The predicted octanol–water partition coefficient (Wildman–Crippen LogP) is 4.21. The van der Waals surface area contributed by atoms with Crippen molar-refractivity contribution in [1.29, 1.82) is 0 Å². The maximum atomic E-state index is 13.2. The van der Waals surface area contributed by atoms with Crippen LogP contribution in [0.4, 0.5) is 0 Å². The Bertz CT molecular complexity index is 1460. The Labute approximate surface area is 252 Å². The molecule has 0 aliphatic rings. The van der Waals surface area contributed by atoms with Gasteiger partial charge < -0.3 is 15.0 Å². The Hall–Kier alpha value is -2.86. The van der Waals surface area contributed by atoms with Crippen LogP contribution in [0.2, 0.25) is 5.15 Å². The zero-order valence-electron chi connectivity index (χ0n) is 23.4. The number of carbonyl (C=O) groups excluding carboxylic acids is 2. The smallest absolute Gasteiger partial charge is 0.264 e. The van der Waals surface area contributed by atoms with E-state index in [2.05, 4.69) is 34.6 Å². The first-order chi connectivity index (χ1) is 19.5. The molecule has 3 rings (SSSR count). The van der Waals surface area contributed by atoms with Crippen molar-refractivity contribution in [2.75, 3.05) is 12.3 Å². The summed E-state index contributed by atoms with van der Waals surface area (Å²) in [5.74, 6) is -0.453. The highest BCUT2D eigenvalue weighted by atomic mass is 35.5. The second-order valence-corrected chi connectivity index (χ2v) is 12.5. The van der Waals surface area contributed by atoms with E-state index in [9.17, 15) is 23.1 Å². The highest BCUT2D eigenvalue weighted by Gasteiger charge is 2.24. The molecule has 3 N–H and O–H groups in total. The number of imidazole rings is 1. The van der Waals surface area contributed by atoms with Gasteiger partial charge in [0.15, 0.2) is 5.15 Å². The highest BCUT2D eigenvalue weighted by Crippen LogP contribution is 2.28. The fourth-order valence-electron chi connectivity index (χ4n) is 4.42. The van der Waals surface area contributed by atoms with E-state index in [1.54, 1.807) is 30.3 Å². The van der Waals surface area contributed by atoms with Crippen LogP contribution in [0.5, 0.6) is 0 Å². The molecule has 0 saturated carbocycles. The lowest BCUT2D eigenvalue weighted by atomic mass is 9.97. The molecule has 0 bridgehead atoms. The van der Waals surface area contributed by atoms with E-state index >= 15 is 0 Å². The van der Waals surface area contributed by atoms with Crippen LogP contribution in [-0.2, 0) is 39.2 Å². The van der Waals surface area contributed by atoms with Crippen LogP contribution in [0.25, 0.3) is 11.1 Å². The van der Waals surface area contributed by atoms with E-state index in [-0.39, 0.29) is 28.5 Å². The molecule has 2 amide bonds. The van der Waals surface area contributed by atoms with Crippen LogP contribution in [0, 0.1) is 11.8 Å². The third-order valence-electron chi connectivity index (χ3n) is 6.80. The number of nitrogens with zero attached hydrogens (tertiary/aromatic N) is 2. The summed E-state index contributed by atoms with van der Waals surface area (Å²) in [4.78, 5) is 29.2. The number of hydrogen-bond donors (Lipinski definition) is 4. The molecule has 0 spiro atoms. The molecule has 222 valence electrons. The molecule has 0 aliphatic heterocycles. The van der Waals surface area contributed by atoms with Crippen molar-refractivity contribution in [1.82, 2.24) is 19.6 Å². The topological polar surface area (TPSA) is 130 Å². The first-order valence-corrected chi connectivity index (χ1v) is 16.0. The van der Waals surface area contributed by atoms with Crippen LogP contribution in [0.15, 0.2) is 53.4 Å². The molecule has 0 aliphatic carbocycles. The monoisotopic (exact) mass is 620 g/mol. The fraction of sp³-hybridized carbons (Fsp3) is 0.414. The van der Waals surface area contributed by atoms with Gasteiger partial charge >= 0.3 is 0 Å². The minimum Gasteiger partial charge on any atom is -0.390 e. The molecule has 0 fully saturated rings. The van der Waals surface area contributed by atoms with Gasteiger partial charge in [-0.15, -0.1) is 0 Å². The standard InChI is InChI=1S/C29H37ClN4O5S2/c1-4-5-10-26-32-28(30)24(17-35)34(26)16-20-11-13-21(14-12-20)22-8-6-7-9-25(22)41(38,39)33-27(36)15-31-29(37)23(18-40)19(2)3/h6-9,11-14,19,23,35,40H,4-5,10,15-18H2,1-3H3,(H,31,37)(H,33,36).